The minimum Gasteiger partial charge on any atom is -0.496 e. The van der Waals surface area contributed by atoms with E-state index in [1.807, 2.05) is 12.1 Å². The van der Waals surface area contributed by atoms with E-state index in [9.17, 15) is 9.90 Å². The van der Waals surface area contributed by atoms with E-state index >= 15 is 0 Å². The number of amides is 1. The quantitative estimate of drug-likeness (QED) is 0.729. The molecule has 0 radical (unpaired) electrons. The standard InChI is InChI=1S/C13H20N2O3.ClH/c1-9(14)7-13(17)15-8-11(16)10-5-3-4-6-12(10)18-2;/h3-6,9,11,16H,7-8,14H2,1-2H3,(H,15,17);1H. The second-order valence-corrected chi connectivity index (χ2v) is 4.24. The van der Waals surface area contributed by atoms with Crippen molar-refractivity contribution in [1.29, 1.82) is 0 Å². The summed E-state index contributed by atoms with van der Waals surface area (Å²) >= 11 is 0. The van der Waals surface area contributed by atoms with Gasteiger partial charge in [-0.25, -0.2) is 0 Å². The molecule has 2 atom stereocenters. The van der Waals surface area contributed by atoms with Gasteiger partial charge in [0.15, 0.2) is 0 Å². The lowest BCUT2D eigenvalue weighted by Crippen LogP contribution is -2.32. The average Bonchev–Trinajstić information content (AvgIpc) is 2.35. The molecule has 0 saturated carbocycles. The van der Waals surface area contributed by atoms with Crippen LogP contribution in [-0.2, 0) is 4.79 Å². The van der Waals surface area contributed by atoms with Crippen LogP contribution in [0.15, 0.2) is 24.3 Å². The summed E-state index contributed by atoms with van der Waals surface area (Å²) in [5.74, 6) is 0.436. The third kappa shape index (κ3) is 5.92. The molecule has 1 rings (SSSR count). The number of benzene rings is 1. The summed E-state index contributed by atoms with van der Waals surface area (Å²) in [6.07, 6.45) is -0.545. The SMILES string of the molecule is COc1ccccc1C(O)CNC(=O)CC(C)N.Cl. The summed E-state index contributed by atoms with van der Waals surface area (Å²) in [7, 11) is 1.54. The first-order valence-electron chi connectivity index (χ1n) is 5.88. The summed E-state index contributed by atoms with van der Waals surface area (Å²) in [6, 6.07) is 6.98. The van der Waals surface area contributed by atoms with Crippen LogP contribution in [0.4, 0.5) is 0 Å². The van der Waals surface area contributed by atoms with E-state index in [0.29, 0.717) is 11.3 Å². The Morgan fingerprint density at radius 2 is 2.11 bits per heavy atom. The number of nitrogens with two attached hydrogens (primary N) is 1. The number of hydrogen-bond acceptors (Lipinski definition) is 4. The van der Waals surface area contributed by atoms with Gasteiger partial charge in [0.25, 0.3) is 0 Å². The number of carbonyl (C=O) groups excluding carboxylic acids is 1. The van der Waals surface area contributed by atoms with Crippen molar-refractivity contribution < 1.29 is 14.6 Å². The molecule has 0 aromatic heterocycles. The second kappa shape index (κ2) is 8.74. The van der Waals surface area contributed by atoms with Gasteiger partial charge in [-0.3, -0.25) is 4.79 Å². The fraction of sp³-hybridized carbons (Fsp3) is 0.462. The Kier molecular flexibility index (Phi) is 8.14. The van der Waals surface area contributed by atoms with Gasteiger partial charge in [0.1, 0.15) is 5.75 Å². The van der Waals surface area contributed by atoms with Crippen molar-refractivity contribution in [2.45, 2.75) is 25.5 Å². The lowest BCUT2D eigenvalue weighted by atomic mass is 10.1. The number of hydrogen-bond donors (Lipinski definition) is 3. The normalized spacial score (nSPS) is 13.1. The first-order valence-corrected chi connectivity index (χ1v) is 5.88. The average molecular weight is 289 g/mol. The molecule has 19 heavy (non-hydrogen) atoms. The predicted octanol–water partition coefficient (Wildman–Crippen LogP) is 1.00. The maximum Gasteiger partial charge on any atom is 0.221 e. The molecule has 0 saturated heterocycles. The zero-order valence-electron chi connectivity index (χ0n) is 11.1. The topological polar surface area (TPSA) is 84.6 Å². The van der Waals surface area contributed by atoms with Gasteiger partial charge in [0.05, 0.1) is 13.2 Å². The number of rotatable bonds is 6. The fourth-order valence-corrected chi connectivity index (χ4v) is 1.63. The molecule has 1 amide bonds. The van der Waals surface area contributed by atoms with Crippen molar-refractivity contribution in [3.05, 3.63) is 29.8 Å². The highest BCUT2D eigenvalue weighted by Crippen LogP contribution is 2.23. The summed E-state index contributed by atoms with van der Waals surface area (Å²) in [4.78, 5) is 11.4. The maximum absolute atomic E-state index is 11.4. The van der Waals surface area contributed by atoms with Crippen LogP contribution in [0.25, 0.3) is 0 Å². The van der Waals surface area contributed by atoms with E-state index < -0.39 is 6.10 Å². The monoisotopic (exact) mass is 288 g/mol. The van der Waals surface area contributed by atoms with Crippen molar-refractivity contribution in [1.82, 2.24) is 5.32 Å². The van der Waals surface area contributed by atoms with Crippen LogP contribution in [0.3, 0.4) is 0 Å². The van der Waals surface area contributed by atoms with Crippen LogP contribution in [0.5, 0.6) is 5.75 Å². The molecule has 6 heteroatoms. The molecule has 5 nitrogen and oxygen atoms in total. The van der Waals surface area contributed by atoms with E-state index in [1.54, 1.807) is 26.2 Å². The Morgan fingerprint density at radius 1 is 1.47 bits per heavy atom. The number of aliphatic hydroxyl groups is 1. The van der Waals surface area contributed by atoms with Crippen molar-refractivity contribution in [2.75, 3.05) is 13.7 Å². The molecule has 0 aliphatic rings. The molecule has 0 spiro atoms. The van der Waals surface area contributed by atoms with Crippen LogP contribution < -0.4 is 15.8 Å². The number of aliphatic hydroxyl groups excluding tert-OH is 1. The molecular formula is C13H21ClN2O3. The highest BCUT2D eigenvalue weighted by Gasteiger charge is 2.14. The minimum atomic E-state index is -0.793. The highest BCUT2D eigenvalue weighted by molar-refractivity contribution is 5.85. The number of para-hydroxylation sites is 1. The van der Waals surface area contributed by atoms with Crippen molar-refractivity contribution in [3.63, 3.8) is 0 Å². The first kappa shape index (κ1) is 17.7. The molecular weight excluding hydrogens is 268 g/mol. The molecule has 0 bridgehead atoms. The number of halogens is 1. The number of nitrogens with one attached hydrogen (secondary N) is 1. The van der Waals surface area contributed by atoms with Gasteiger partial charge in [0.2, 0.25) is 5.91 Å². The summed E-state index contributed by atoms with van der Waals surface area (Å²) < 4.78 is 5.15. The van der Waals surface area contributed by atoms with Crippen LogP contribution in [0, 0.1) is 0 Å². The minimum absolute atomic E-state index is 0. The van der Waals surface area contributed by atoms with Gasteiger partial charge in [-0.2, -0.15) is 0 Å². The molecule has 0 aliphatic carbocycles. The van der Waals surface area contributed by atoms with Gasteiger partial charge in [-0.1, -0.05) is 18.2 Å². The Hall–Kier alpha value is -1.30. The third-order valence-corrected chi connectivity index (χ3v) is 2.50. The molecule has 2 unspecified atom stereocenters. The van der Waals surface area contributed by atoms with Gasteiger partial charge >= 0.3 is 0 Å². The van der Waals surface area contributed by atoms with E-state index in [4.69, 9.17) is 10.5 Å². The molecule has 0 heterocycles. The molecule has 1 aromatic rings. The molecule has 4 N–H and O–H groups in total. The zero-order valence-corrected chi connectivity index (χ0v) is 11.9. The molecule has 1 aromatic carbocycles. The maximum atomic E-state index is 11.4. The van der Waals surface area contributed by atoms with Gasteiger partial charge in [-0.05, 0) is 13.0 Å². The Labute approximate surface area is 119 Å². The highest BCUT2D eigenvalue weighted by atomic mass is 35.5. The Morgan fingerprint density at radius 3 is 2.68 bits per heavy atom. The van der Waals surface area contributed by atoms with Crippen molar-refractivity contribution >= 4 is 18.3 Å². The lowest BCUT2D eigenvalue weighted by Gasteiger charge is -2.15. The molecule has 108 valence electrons. The Balaban J connectivity index is 0.00000324. The molecule has 0 aliphatic heterocycles. The summed E-state index contributed by atoms with van der Waals surface area (Å²) in [5, 5.41) is 12.6. The number of ether oxygens (including phenoxy) is 1. The zero-order chi connectivity index (χ0) is 13.5. The first-order chi connectivity index (χ1) is 8.54. The second-order valence-electron chi connectivity index (χ2n) is 4.24. The Bertz CT molecular complexity index is 399. The lowest BCUT2D eigenvalue weighted by molar-refractivity contribution is -0.121. The van der Waals surface area contributed by atoms with E-state index in [1.165, 1.54) is 0 Å². The largest absolute Gasteiger partial charge is 0.496 e. The van der Waals surface area contributed by atoms with Gasteiger partial charge in [-0.15, -0.1) is 12.4 Å². The third-order valence-electron chi connectivity index (χ3n) is 2.50. The molecule has 0 fully saturated rings. The number of methoxy groups -OCH3 is 1. The van der Waals surface area contributed by atoms with Crippen molar-refractivity contribution in [3.8, 4) is 5.75 Å². The van der Waals surface area contributed by atoms with Gasteiger partial charge < -0.3 is 20.9 Å². The number of carbonyl (C=O) groups is 1. The van der Waals surface area contributed by atoms with Crippen LogP contribution >= 0.6 is 12.4 Å². The summed E-state index contributed by atoms with van der Waals surface area (Å²) in [6.45, 7) is 1.90. The predicted molar refractivity (Wildman–Crippen MR) is 76.5 cm³/mol. The van der Waals surface area contributed by atoms with E-state index in [-0.39, 0.29) is 37.3 Å². The fourth-order valence-electron chi connectivity index (χ4n) is 1.63. The smallest absolute Gasteiger partial charge is 0.221 e. The van der Waals surface area contributed by atoms with Crippen LogP contribution in [-0.4, -0.2) is 30.7 Å². The summed E-state index contributed by atoms with van der Waals surface area (Å²) in [5.41, 5.74) is 6.17. The van der Waals surface area contributed by atoms with Crippen molar-refractivity contribution in [2.24, 2.45) is 5.73 Å². The van der Waals surface area contributed by atoms with E-state index in [2.05, 4.69) is 5.32 Å². The van der Waals surface area contributed by atoms with Crippen LogP contribution in [0.1, 0.15) is 25.0 Å². The van der Waals surface area contributed by atoms with E-state index in [0.717, 1.165) is 0 Å². The van der Waals surface area contributed by atoms with Crippen LogP contribution in [0.2, 0.25) is 0 Å². The van der Waals surface area contributed by atoms with Gasteiger partial charge in [0, 0.05) is 24.6 Å².